The fourth-order valence-electron chi connectivity index (χ4n) is 3.72. The van der Waals surface area contributed by atoms with Gasteiger partial charge in [-0.1, -0.05) is 30.3 Å². The molecule has 0 N–H and O–H groups in total. The Balaban J connectivity index is 1.22. The van der Waals surface area contributed by atoms with Crippen LogP contribution < -0.4 is 9.47 Å². The molecule has 0 radical (unpaired) electrons. The second kappa shape index (κ2) is 9.76. The quantitative estimate of drug-likeness (QED) is 0.718. The standard InChI is InChI=1S/C23H27NO5/c25-22(24-12-4-7-19(15-24)23-26-13-14-27-23)17-29-21-10-8-20(9-11-21)28-16-18-5-2-1-3-6-18/h1-3,5-6,8-11,19,23H,4,7,12-17H2. The van der Waals surface area contributed by atoms with E-state index >= 15 is 0 Å². The molecule has 2 aromatic rings. The lowest BCUT2D eigenvalue weighted by atomic mass is 9.97. The summed E-state index contributed by atoms with van der Waals surface area (Å²) in [6.07, 6.45) is 1.82. The molecule has 1 amide bonds. The monoisotopic (exact) mass is 397 g/mol. The molecule has 2 aliphatic heterocycles. The van der Waals surface area contributed by atoms with Gasteiger partial charge in [0.15, 0.2) is 12.9 Å². The minimum absolute atomic E-state index is 0.00268. The van der Waals surface area contributed by atoms with E-state index in [4.69, 9.17) is 18.9 Å². The maximum Gasteiger partial charge on any atom is 0.260 e. The van der Waals surface area contributed by atoms with E-state index in [1.807, 2.05) is 59.5 Å². The van der Waals surface area contributed by atoms with Crippen molar-refractivity contribution in [3.05, 3.63) is 60.2 Å². The zero-order valence-corrected chi connectivity index (χ0v) is 16.5. The summed E-state index contributed by atoms with van der Waals surface area (Å²) in [5.74, 6) is 1.66. The second-order valence-corrected chi connectivity index (χ2v) is 7.39. The van der Waals surface area contributed by atoms with Crippen molar-refractivity contribution in [2.45, 2.75) is 25.7 Å². The topological polar surface area (TPSA) is 57.2 Å². The molecule has 0 spiro atoms. The Kier molecular flexibility index (Phi) is 6.64. The molecule has 0 saturated carbocycles. The van der Waals surface area contributed by atoms with Crippen LogP contribution in [-0.2, 0) is 20.9 Å². The number of benzene rings is 2. The summed E-state index contributed by atoms with van der Waals surface area (Å²) >= 11 is 0. The molecule has 2 saturated heterocycles. The molecule has 6 heteroatoms. The summed E-state index contributed by atoms with van der Waals surface area (Å²) in [6.45, 7) is 3.26. The van der Waals surface area contributed by atoms with Crippen LogP contribution in [0, 0.1) is 5.92 Å². The highest BCUT2D eigenvalue weighted by molar-refractivity contribution is 5.77. The molecule has 0 aromatic heterocycles. The first-order chi connectivity index (χ1) is 14.3. The SMILES string of the molecule is O=C(COc1ccc(OCc2ccccc2)cc1)N1CCCC(C2OCCO2)C1. The number of hydrogen-bond acceptors (Lipinski definition) is 5. The van der Waals surface area contributed by atoms with E-state index in [2.05, 4.69) is 0 Å². The highest BCUT2D eigenvalue weighted by Crippen LogP contribution is 2.25. The van der Waals surface area contributed by atoms with Crippen molar-refractivity contribution in [1.29, 1.82) is 0 Å². The van der Waals surface area contributed by atoms with E-state index < -0.39 is 0 Å². The number of piperidine rings is 1. The van der Waals surface area contributed by atoms with Crippen molar-refractivity contribution in [2.24, 2.45) is 5.92 Å². The van der Waals surface area contributed by atoms with Gasteiger partial charge in [0.2, 0.25) is 0 Å². The van der Waals surface area contributed by atoms with Gasteiger partial charge in [-0.25, -0.2) is 0 Å². The number of likely N-dealkylation sites (tertiary alicyclic amines) is 1. The van der Waals surface area contributed by atoms with E-state index in [-0.39, 0.29) is 24.7 Å². The average Bonchev–Trinajstić information content (AvgIpc) is 3.33. The molecule has 154 valence electrons. The number of hydrogen-bond donors (Lipinski definition) is 0. The van der Waals surface area contributed by atoms with Crippen LogP contribution in [0.4, 0.5) is 0 Å². The number of carbonyl (C=O) groups excluding carboxylic acids is 1. The number of amides is 1. The Hall–Kier alpha value is -2.57. The molecule has 0 aliphatic carbocycles. The Morgan fingerprint density at radius 2 is 1.66 bits per heavy atom. The third-order valence-electron chi connectivity index (χ3n) is 5.28. The number of nitrogens with zero attached hydrogens (tertiary/aromatic N) is 1. The first-order valence-electron chi connectivity index (χ1n) is 10.2. The summed E-state index contributed by atoms with van der Waals surface area (Å²) in [7, 11) is 0. The molecule has 2 fully saturated rings. The predicted molar refractivity (Wildman–Crippen MR) is 108 cm³/mol. The van der Waals surface area contributed by atoms with E-state index in [0.717, 1.165) is 30.7 Å². The normalized spacial score (nSPS) is 19.9. The van der Waals surface area contributed by atoms with Crippen LogP contribution in [0.1, 0.15) is 18.4 Å². The fourth-order valence-corrected chi connectivity index (χ4v) is 3.72. The average molecular weight is 397 g/mol. The number of carbonyl (C=O) groups is 1. The minimum Gasteiger partial charge on any atom is -0.489 e. The number of ether oxygens (including phenoxy) is 4. The minimum atomic E-state index is -0.171. The van der Waals surface area contributed by atoms with Crippen LogP contribution in [0.3, 0.4) is 0 Å². The Morgan fingerprint density at radius 3 is 2.38 bits per heavy atom. The first kappa shape index (κ1) is 19.7. The van der Waals surface area contributed by atoms with E-state index in [9.17, 15) is 4.79 Å². The highest BCUT2D eigenvalue weighted by Gasteiger charge is 2.32. The molecule has 2 aliphatic rings. The maximum absolute atomic E-state index is 12.6. The van der Waals surface area contributed by atoms with Gasteiger partial charge in [0.25, 0.3) is 5.91 Å². The van der Waals surface area contributed by atoms with Gasteiger partial charge in [-0.3, -0.25) is 4.79 Å². The highest BCUT2D eigenvalue weighted by atomic mass is 16.7. The van der Waals surface area contributed by atoms with Gasteiger partial charge in [0.05, 0.1) is 13.2 Å². The van der Waals surface area contributed by atoms with Gasteiger partial charge in [-0.15, -0.1) is 0 Å². The summed E-state index contributed by atoms with van der Waals surface area (Å²) in [6, 6.07) is 17.4. The Bertz CT molecular complexity index is 774. The molecule has 2 aromatic carbocycles. The third kappa shape index (κ3) is 5.49. The van der Waals surface area contributed by atoms with Gasteiger partial charge < -0.3 is 23.8 Å². The van der Waals surface area contributed by atoms with Gasteiger partial charge in [0.1, 0.15) is 18.1 Å². The molecular formula is C23H27NO5. The zero-order valence-electron chi connectivity index (χ0n) is 16.5. The second-order valence-electron chi connectivity index (χ2n) is 7.39. The first-order valence-corrected chi connectivity index (χ1v) is 10.2. The maximum atomic E-state index is 12.6. The summed E-state index contributed by atoms with van der Waals surface area (Å²) in [4.78, 5) is 14.4. The van der Waals surface area contributed by atoms with Gasteiger partial charge in [0, 0.05) is 19.0 Å². The van der Waals surface area contributed by atoms with Crippen LogP contribution in [-0.4, -0.2) is 50.0 Å². The van der Waals surface area contributed by atoms with Crippen molar-refractivity contribution >= 4 is 5.91 Å². The van der Waals surface area contributed by atoms with Gasteiger partial charge in [-0.05, 0) is 42.7 Å². The van der Waals surface area contributed by atoms with Crippen molar-refractivity contribution in [3.8, 4) is 11.5 Å². The van der Waals surface area contributed by atoms with Crippen LogP contribution in [0.25, 0.3) is 0 Å². The van der Waals surface area contributed by atoms with Crippen LogP contribution in [0.2, 0.25) is 0 Å². The summed E-state index contributed by atoms with van der Waals surface area (Å²) < 4.78 is 22.7. The fraction of sp³-hybridized carbons (Fsp3) is 0.435. The zero-order chi connectivity index (χ0) is 19.9. The van der Waals surface area contributed by atoms with Gasteiger partial charge in [-0.2, -0.15) is 0 Å². The van der Waals surface area contributed by atoms with Crippen LogP contribution in [0.5, 0.6) is 11.5 Å². The summed E-state index contributed by atoms with van der Waals surface area (Å²) in [5, 5.41) is 0. The van der Waals surface area contributed by atoms with Crippen LogP contribution in [0.15, 0.2) is 54.6 Å². The molecule has 2 heterocycles. The molecule has 0 bridgehead atoms. The van der Waals surface area contributed by atoms with Crippen LogP contribution >= 0.6 is 0 Å². The molecule has 1 unspecified atom stereocenters. The van der Waals surface area contributed by atoms with E-state index in [1.54, 1.807) is 0 Å². The van der Waals surface area contributed by atoms with Crippen molar-refractivity contribution in [3.63, 3.8) is 0 Å². The van der Waals surface area contributed by atoms with E-state index in [1.165, 1.54) is 0 Å². The Morgan fingerprint density at radius 1 is 0.966 bits per heavy atom. The van der Waals surface area contributed by atoms with E-state index in [0.29, 0.717) is 32.1 Å². The van der Waals surface area contributed by atoms with Crippen molar-refractivity contribution in [2.75, 3.05) is 32.9 Å². The smallest absolute Gasteiger partial charge is 0.260 e. The molecular weight excluding hydrogens is 370 g/mol. The third-order valence-corrected chi connectivity index (χ3v) is 5.28. The largest absolute Gasteiger partial charge is 0.489 e. The number of rotatable bonds is 7. The van der Waals surface area contributed by atoms with Gasteiger partial charge >= 0.3 is 0 Å². The molecule has 1 atom stereocenters. The summed E-state index contributed by atoms with van der Waals surface area (Å²) in [5.41, 5.74) is 1.12. The lowest BCUT2D eigenvalue weighted by Crippen LogP contribution is -2.45. The predicted octanol–water partition coefficient (Wildman–Crippen LogP) is 3.26. The van der Waals surface area contributed by atoms with Crippen molar-refractivity contribution < 1.29 is 23.7 Å². The van der Waals surface area contributed by atoms with Crippen molar-refractivity contribution in [1.82, 2.24) is 4.90 Å². The lowest BCUT2D eigenvalue weighted by Gasteiger charge is -2.34. The molecule has 4 rings (SSSR count). The molecule has 6 nitrogen and oxygen atoms in total. The Labute approximate surface area is 171 Å². The molecule has 29 heavy (non-hydrogen) atoms. The lowest BCUT2D eigenvalue weighted by molar-refractivity contribution is -0.141.